The Hall–Kier alpha value is -3.72. The van der Waals surface area contributed by atoms with E-state index >= 15 is 0 Å². The fourth-order valence-corrected chi connectivity index (χ4v) is 3.60. The Kier molecular flexibility index (Phi) is 10.4. The lowest BCUT2D eigenvalue weighted by molar-refractivity contribution is -0.903. The molecule has 0 aliphatic rings. The molecule has 0 radical (unpaired) electrons. The number of aromatic carboxylic acids is 1. The van der Waals surface area contributed by atoms with Gasteiger partial charge in [-0.3, -0.25) is 4.79 Å². The standard InChI is InChI=1S/C27H31N3O4.H2O/c1-30(2,20-21-9-11-22(12-10-21)27(32)33)18-6-17-28-19-26(31)29-23-13-15-25(16-14-23)34-24-7-4-3-5-8-24;/h3-5,7-16,28H,6,17-20H2,1-2H3,(H-,29,31,32,33);1H2. The van der Waals surface area contributed by atoms with E-state index in [-0.39, 0.29) is 17.9 Å². The van der Waals surface area contributed by atoms with Crippen molar-refractivity contribution >= 4 is 17.6 Å². The second kappa shape index (κ2) is 13.2. The van der Waals surface area contributed by atoms with Crippen molar-refractivity contribution in [2.24, 2.45) is 0 Å². The number of rotatable bonds is 12. The average Bonchev–Trinajstić information content (AvgIpc) is 2.81. The van der Waals surface area contributed by atoms with Gasteiger partial charge in [-0.1, -0.05) is 30.3 Å². The Morgan fingerprint density at radius 2 is 1.51 bits per heavy atom. The van der Waals surface area contributed by atoms with E-state index in [0.29, 0.717) is 11.3 Å². The molecular weight excluding hydrogens is 446 g/mol. The minimum Gasteiger partial charge on any atom is -0.870 e. The smallest absolute Gasteiger partial charge is 0.335 e. The van der Waals surface area contributed by atoms with Gasteiger partial charge in [-0.15, -0.1) is 0 Å². The molecule has 186 valence electrons. The maximum Gasteiger partial charge on any atom is 0.335 e. The number of nitrogens with one attached hydrogen (secondary N) is 2. The van der Waals surface area contributed by atoms with Gasteiger partial charge in [0.15, 0.2) is 0 Å². The van der Waals surface area contributed by atoms with Gasteiger partial charge in [0, 0.05) is 24.2 Å². The summed E-state index contributed by atoms with van der Waals surface area (Å²) in [6.45, 7) is 2.71. The molecule has 0 aromatic heterocycles. The molecule has 0 spiro atoms. The van der Waals surface area contributed by atoms with Gasteiger partial charge in [0.2, 0.25) is 5.91 Å². The molecule has 0 aliphatic carbocycles. The minimum absolute atomic E-state index is 0. The molecular formula is C27H33N3O5. The summed E-state index contributed by atoms with van der Waals surface area (Å²) >= 11 is 0. The van der Waals surface area contributed by atoms with Gasteiger partial charge >= 0.3 is 5.97 Å². The van der Waals surface area contributed by atoms with E-state index in [2.05, 4.69) is 24.7 Å². The number of ether oxygens (including phenoxy) is 1. The molecule has 0 saturated heterocycles. The van der Waals surface area contributed by atoms with Crippen LogP contribution in [-0.4, -0.2) is 60.7 Å². The summed E-state index contributed by atoms with van der Waals surface area (Å²) < 4.78 is 6.54. The van der Waals surface area contributed by atoms with Crippen molar-refractivity contribution in [3.05, 3.63) is 90.0 Å². The molecule has 35 heavy (non-hydrogen) atoms. The summed E-state index contributed by atoms with van der Waals surface area (Å²) in [6.07, 6.45) is 0.916. The lowest BCUT2D eigenvalue weighted by Gasteiger charge is -2.30. The van der Waals surface area contributed by atoms with E-state index in [4.69, 9.17) is 9.84 Å². The van der Waals surface area contributed by atoms with Gasteiger partial charge < -0.3 is 30.4 Å². The molecule has 0 heterocycles. The zero-order valence-electron chi connectivity index (χ0n) is 20.1. The van der Waals surface area contributed by atoms with Crippen LogP contribution in [0.3, 0.4) is 0 Å². The van der Waals surface area contributed by atoms with E-state index in [1.165, 1.54) is 0 Å². The minimum atomic E-state index is -0.912. The van der Waals surface area contributed by atoms with Crippen molar-refractivity contribution in [2.45, 2.75) is 13.0 Å². The maximum absolute atomic E-state index is 12.2. The highest BCUT2D eigenvalue weighted by molar-refractivity contribution is 5.92. The molecule has 0 atom stereocenters. The van der Waals surface area contributed by atoms with Crippen LogP contribution in [0.1, 0.15) is 22.3 Å². The zero-order chi connectivity index (χ0) is 24.4. The average molecular weight is 480 g/mol. The van der Waals surface area contributed by atoms with Crippen LogP contribution in [0.5, 0.6) is 11.5 Å². The summed E-state index contributed by atoms with van der Waals surface area (Å²) in [7, 11) is 4.28. The van der Waals surface area contributed by atoms with Crippen LogP contribution < -0.4 is 15.4 Å². The number of carboxylic acids is 1. The number of nitrogens with zero attached hydrogens (tertiary/aromatic N) is 1. The topological polar surface area (TPSA) is 118 Å². The molecule has 3 aromatic rings. The second-order valence-electron chi connectivity index (χ2n) is 8.84. The molecule has 3 aromatic carbocycles. The molecule has 8 heteroatoms. The largest absolute Gasteiger partial charge is 0.870 e. The Morgan fingerprint density at radius 3 is 2.14 bits per heavy atom. The van der Waals surface area contributed by atoms with E-state index in [0.717, 1.165) is 47.5 Å². The Balaban J connectivity index is 0.00000432. The summed E-state index contributed by atoms with van der Waals surface area (Å²) in [4.78, 5) is 23.2. The van der Waals surface area contributed by atoms with Crippen LogP contribution in [-0.2, 0) is 11.3 Å². The molecule has 0 saturated carbocycles. The number of carbonyl (C=O) groups is 2. The molecule has 0 aliphatic heterocycles. The normalized spacial score (nSPS) is 10.8. The molecule has 1 amide bonds. The first-order valence-electron chi connectivity index (χ1n) is 11.3. The number of quaternary nitrogens is 1. The maximum atomic E-state index is 12.2. The number of carboxylic acid groups (broad SMARTS) is 1. The molecule has 0 unspecified atom stereocenters. The predicted octanol–water partition coefficient (Wildman–Crippen LogP) is 4.20. The highest BCUT2D eigenvalue weighted by Gasteiger charge is 2.16. The summed E-state index contributed by atoms with van der Waals surface area (Å²) in [5, 5.41) is 15.1. The van der Waals surface area contributed by atoms with E-state index in [1.54, 1.807) is 12.1 Å². The Labute approximate surface area is 206 Å². The lowest BCUT2D eigenvalue weighted by atomic mass is 10.1. The Morgan fingerprint density at radius 1 is 0.886 bits per heavy atom. The number of benzene rings is 3. The molecule has 0 bridgehead atoms. The summed E-state index contributed by atoms with van der Waals surface area (Å²) in [5.74, 6) is 0.468. The Bertz CT molecular complexity index is 1070. The number of anilines is 1. The fourth-order valence-electron chi connectivity index (χ4n) is 3.60. The van der Waals surface area contributed by atoms with E-state index in [1.807, 2.05) is 66.7 Å². The van der Waals surface area contributed by atoms with Crippen molar-refractivity contribution in [2.75, 3.05) is 39.0 Å². The third-order valence-electron chi connectivity index (χ3n) is 5.33. The SMILES string of the molecule is C[N+](C)(CCCNCC(=O)Nc1ccc(Oc2ccccc2)cc1)Cc1ccc(C(=O)O)cc1.[OH-]. The first-order chi connectivity index (χ1) is 16.3. The summed E-state index contributed by atoms with van der Waals surface area (Å²) in [6, 6.07) is 23.8. The summed E-state index contributed by atoms with van der Waals surface area (Å²) in [5.41, 5.74) is 2.12. The van der Waals surface area contributed by atoms with Crippen LogP contribution in [0.25, 0.3) is 0 Å². The van der Waals surface area contributed by atoms with Crippen LogP contribution >= 0.6 is 0 Å². The van der Waals surface area contributed by atoms with Crippen molar-refractivity contribution in [3.8, 4) is 11.5 Å². The molecule has 4 N–H and O–H groups in total. The van der Waals surface area contributed by atoms with Gasteiger partial charge in [0.1, 0.15) is 18.0 Å². The third kappa shape index (κ3) is 9.58. The van der Waals surface area contributed by atoms with E-state index < -0.39 is 5.97 Å². The predicted molar refractivity (Wildman–Crippen MR) is 135 cm³/mol. The molecule has 0 fully saturated rings. The zero-order valence-corrected chi connectivity index (χ0v) is 20.1. The fraction of sp³-hybridized carbons (Fsp3) is 0.259. The van der Waals surface area contributed by atoms with Gasteiger partial charge in [-0.05, 0) is 48.5 Å². The quantitative estimate of drug-likeness (QED) is 0.265. The first kappa shape index (κ1) is 27.5. The van der Waals surface area contributed by atoms with E-state index in [9.17, 15) is 9.59 Å². The number of hydrogen-bond donors (Lipinski definition) is 3. The van der Waals surface area contributed by atoms with Crippen LogP contribution in [0.15, 0.2) is 78.9 Å². The molecule has 3 rings (SSSR count). The highest BCUT2D eigenvalue weighted by atomic mass is 16.5. The highest BCUT2D eigenvalue weighted by Crippen LogP contribution is 2.22. The van der Waals surface area contributed by atoms with Gasteiger partial charge in [0.05, 0.1) is 32.7 Å². The van der Waals surface area contributed by atoms with Crippen LogP contribution in [0, 0.1) is 0 Å². The van der Waals surface area contributed by atoms with Crippen LogP contribution in [0.4, 0.5) is 5.69 Å². The number of para-hydroxylation sites is 1. The van der Waals surface area contributed by atoms with Crippen molar-refractivity contribution in [3.63, 3.8) is 0 Å². The van der Waals surface area contributed by atoms with Gasteiger partial charge in [0.25, 0.3) is 0 Å². The first-order valence-corrected chi connectivity index (χ1v) is 11.3. The third-order valence-corrected chi connectivity index (χ3v) is 5.33. The van der Waals surface area contributed by atoms with Crippen molar-refractivity contribution < 1.29 is 29.4 Å². The van der Waals surface area contributed by atoms with Gasteiger partial charge in [-0.2, -0.15) is 0 Å². The monoisotopic (exact) mass is 479 g/mol. The second-order valence-corrected chi connectivity index (χ2v) is 8.84. The lowest BCUT2D eigenvalue weighted by Crippen LogP contribution is -2.41. The van der Waals surface area contributed by atoms with Crippen molar-refractivity contribution in [1.29, 1.82) is 0 Å². The van der Waals surface area contributed by atoms with Crippen molar-refractivity contribution in [1.82, 2.24) is 5.32 Å². The van der Waals surface area contributed by atoms with Crippen LogP contribution in [0.2, 0.25) is 0 Å². The van der Waals surface area contributed by atoms with Gasteiger partial charge in [-0.25, -0.2) is 4.79 Å². The molecule has 8 nitrogen and oxygen atoms in total. The number of amides is 1. The number of hydrogen-bond acceptors (Lipinski definition) is 5. The number of carbonyl (C=O) groups excluding carboxylic acids is 1.